The molecule has 0 amide bonds. The highest BCUT2D eigenvalue weighted by Gasteiger charge is 2.36. The molecule has 2 aromatic carbocycles. The largest absolute Gasteiger partial charge is 0.379 e. The lowest BCUT2D eigenvalue weighted by atomic mass is 9.90. The Morgan fingerprint density at radius 3 is 2.33 bits per heavy atom. The molecule has 0 radical (unpaired) electrons. The van der Waals surface area contributed by atoms with Crippen LogP contribution in [0.25, 0.3) is 21.8 Å². The van der Waals surface area contributed by atoms with Gasteiger partial charge in [-0.2, -0.15) is 0 Å². The van der Waals surface area contributed by atoms with Gasteiger partial charge in [-0.15, -0.1) is 0 Å². The van der Waals surface area contributed by atoms with E-state index in [0.29, 0.717) is 18.8 Å². The molecule has 0 spiro atoms. The first-order valence-electron chi connectivity index (χ1n) is 9.33. The van der Waals surface area contributed by atoms with E-state index in [4.69, 9.17) is 4.74 Å². The molecular weight excluding hydrogens is 340 g/mol. The molecule has 27 heavy (non-hydrogen) atoms. The third-order valence-electron chi connectivity index (χ3n) is 5.61. The highest BCUT2D eigenvalue weighted by atomic mass is 16.5. The van der Waals surface area contributed by atoms with Crippen LogP contribution in [0.2, 0.25) is 0 Å². The lowest BCUT2D eigenvalue weighted by Crippen LogP contribution is -2.54. The molecule has 0 N–H and O–H groups in total. The van der Waals surface area contributed by atoms with Crippen LogP contribution >= 0.6 is 0 Å². The Balaban J connectivity index is 1.83. The van der Waals surface area contributed by atoms with Gasteiger partial charge in [0.15, 0.2) is 5.78 Å². The van der Waals surface area contributed by atoms with Crippen molar-refractivity contribution in [2.24, 2.45) is 0 Å². The summed E-state index contributed by atoms with van der Waals surface area (Å²) in [6.45, 7) is 8.33. The number of fused-ring (bicyclic) bond motifs is 3. The zero-order valence-electron chi connectivity index (χ0n) is 16.0. The fraction of sp³-hybridized carbons (Fsp3) is 0.364. The van der Waals surface area contributed by atoms with Gasteiger partial charge in [-0.25, -0.2) is 0 Å². The molecule has 4 rings (SSSR count). The maximum absolute atomic E-state index is 13.3. The average Bonchev–Trinajstić information content (AvgIpc) is 3.02. The van der Waals surface area contributed by atoms with E-state index < -0.39 is 5.54 Å². The molecule has 0 bridgehead atoms. The zero-order chi connectivity index (χ0) is 19.2. The Bertz CT molecular complexity index is 1040. The molecule has 0 saturated carbocycles. The van der Waals surface area contributed by atoms with Gasteiger partial charge in [0.2, 0.25) is 5.91 Å². The van der Waals surface area contributed by atoms with Gasteiger partial charge in [0, 0.05) is 36.3 Å². The Kier molecular flexibility index (Phi) is 4.36. The minimum atomic E-state index is -0.601. The van der Waals surface area contributed by atoms with Crippen LogP contribution in [0.15, 0.2) is 42.5 Å². The Morgan fingerprint density at radius 2 is 1.63 bits per heavy atom. The second-order valence-corrected chi connectivity index (χ2v) is 7.59. The van der Waals surface area contributed by atoms with E-state index in [-0.39, 0.29) is 11.7 Å². The number of benzene rings is 2. The number of hydrogen-bond acceptors (Lipinski definition) is 4. The molecule has 1 saturated heterocycles. The van der Waals surface area contributed by atoms with E-state index in [1.165, 1.54) is 0 Å². The summed E-state index contributed by atoms with van der Waals surface area (Å²) in [4.78, 5) is 27.7. The fourth-order valence-corrected chi connectivity index (χ4v) is 4.07. The van der Waals surface area contributed by atoms with Crippen LogP contribution in [-0.2, 0) is 4.74 Å². The van der Waals surface area contributed by atoms with Crippen LogP contribution in [-0.4, -0.2) is 53.0 Å². The van der Waals surface area contributed by atoms with Crippen molar-refractivity contribution in [3.63, 3.8) is 0 Å². The van der Waals surface area contributed by atoms with Gasteiger partial charge in [-0.05, 0) is 38.1 Å². The van der Waals surface area contributed by atoms with Crippen LogP contribution < -0.4 is 0 Å². The molecule has 3 aromatic rings. The summed E-state index contributed by atoms with van der Waals surface area (Å²) < 4.78 is 7.14. The lowest BCUT2D eigenvalue weighted by Gasteiger charge is -2.39. The SMILES string of the molecule is CC(=O)n1c2ccccc2c2cc(C(=O)C(C)(C)N3CCOCC3)ccc21. The van der Waals surface area contributed by atoms with Crippen molar-refractivity contribution in [2.45, 2.75) is 26.3 Å². The number of carbonyl (C=O) groups is 2. The van der Waals surface area contributed by atoms with Crippen LogP contribution in [0.3, 0.4) is 0 Å². The zero-order valence-corrected chi connectivity index (χ0v) is 16.0. The minimum Gasteiger partial charge on any atom is -0.379 e. The summed E-state index contributed by atoms with van der Waals surface area (Å²) in [5.41, 5.74) is 1.78. The monoisotopic (exact) mass is 364 g/mol. The number of Topliss-reactive ketones (excluding diaryl/α,β-unsaturated/α-hetero) is 1. The van der Waals surface area contributed by atoms with Crippen molar-refractivity contribution in [3.05, 3.63) is 48.0 Å². The summed E-state index contributed by atoms with van der Waals surface area (Å²) in [7, 11) is 0. The number of nitrogens with zero attached hydrogens (tertiary/aromatic N) is 2. The summed E-state index contributed by atoms with van der Waals surface area (Å²) in [6.07, 6.45) is 0. The molecule has 1 aromatic heterocycles. The molecule has 5 nitrogen and oxygen atoms in total. The molecule has 140 valence electrons. The van der Waals surface area contributed by atoms with Gasteiger partial charge in [0.05, 0.1) is 29.8 Å². The standard InChI is InChI=1S/C22H24N2O3/c1-15(25)24-19-7-5-4-6-17(19)18-14-16(8-9-20(18)24)21(26)22(2,3)23-10-12-27-13-11-23/h4-9,14H,10-13H2,1-3H3. The second kappa shape index (κ2) is 6.59. The highest BCUT2D eigenvalue weighted by Crippen LogP contribution is 2.31. The van der Waals surface area contributed by atoms with Crippen molar-refractivity contribution in [2.75, 3.05) is 26.3 Å². The molecule has 0 unspecified atom stereocenters. The molecular formula is C22H24N2O3. The number of carbonyl (C=O) groups excluding carboxylic acids is 2. The quantitative estimate of drug-likeness (QED) is 0.664. The first-order valence-corrected chi connectivity index (χ1v) is 9.33. The topological polar surface area (TPSA) is 51.5 Å². The minimum absolute atomic E-state index is 0.0334. The predicted molar refractivity (Wildman–Crippen MR) is 107 cm³/mol. The molecule has 1 aliphatic rings. The lowest BCUT2D eigenvalue weighted by molar-refractivity contribution is -0.00429. The van der Waals surface area contributed by atoms with Gasteiger partial charge < -0.3 is 4.74 Å². The van der Waals surface area contributed by atoms with E-state index in [1.54, 1.807) is 11.5 Å². The van der Waals surface area contributed by atoms with Crippen molar-refractivity contribution in [3.8, 4) is 0 Å². The van der Waals surface area contributed by atoms with Crippen LogP contribution in [0.5, 0.6) is 0 Å². The van der Waals surface area contributed by atoms with Crippen molar-refractivity contribution >= 4 is 33.5 Å². The van der Waals surface area contributed by atoms with Gasteiger partial charge in [0.1, 0.15) is 0 Å². The van der Waals surface area contributed by atoms with Gasteiger partial charge >= 0.3 is 0 Å². The average molecular weight is 364 g/mol. The predicted octanol–water partition coefficient (Wildman–Crippen LogP) is 3.75. The molecule has 5 heteroatoms. The van der Waals surface area contributed by atoms with Crippen LogP contribution in [0, 0.1) is 0 Å². The molecule has 0 aliphatic carbocycles. The summed E-state index contributed by atoms with van der Waals surface area (Å²) in [5.74, 6) is 0.0554. The van der Waals surface area contributed by atoms with Gasteiger partial charge in [0.25, 0.3) is 0 Å². The summed E-state index contributed by atoms with van der Waals surface area (Å²) >= 11 is 0. The normalized spacial score (nSPS) is 16.1. The maximum atomic E-state index is 13.3. The second-order valence-electron chi connectivity index (χ2n) is 7.59. The first-order chi connectivity index (χ1) is 12.9. The fourth-order valence-electron chi connectivity index (χ4n) is 4.07. The van der Waals surface area contributed by atoms with Gasteiger partial charge in [-0.1, -0.05) is 18.2 Å². The third-order valence-corrected chi connectivity index (χ3v) is 5.61. The third kappa shape index (κ3) is 2.87. The van der Waals surface area contributed by atoms with Crippen LogP contribution in [0.4, 0.5) is 0 Å². The van der Waals surface area contributed by atoms with Crippen molar-refractivity contribution in [1.82, 2.24) is 9.47 Å². The molecule has 1 aliphatic heterocycles. The van der Waals surface area contributed by atoms with Crippen molar-refractivity contribution in [1.29, 1.82) is 0 Å². The number of rotatable bonds is 3. The Hall–Kier alpha value is -2.50. The maximum Gasteiger partial charge on any atom is 0.228 e. The van der Waals surface area contributed by atoms with E-state index in [2.05, 4.69) is 4.90 Å². The van der Waals surface area contributed by atoms with E-state index in [0.717, 1.165) is 34.9 Å². The summed E-state index contributed by atoms with van der Waals surface area (Å²) in [6, 6.07) is 13.5. The number of morpholine rings is 1. The highest BCUT2D eigenvalue weighted by molar-refractivity contribution is 6.15. The molecule has 0 atom stereocenters. The number of para-hydroxylation sites is 1. The Morgan fingerprint density at radius 1 is 0.963 bits per heavy atom. The van der Waals surface area contributed by atoms with E-state index in [9.17, 15) is 9.59 Å². The first kappa shape index (κ1) is 17.9. The summed E-state index contributed by atoms with van der Waals surface area (Å²) in [5, 5.41) is 1.92. The number of ketones is 1. The van der Waals surface area contributed by atoms with E-state index in [1.807, 2.05) is 56.3 Å². The number of ether oxygens (including phenoxy) is 1. The number of hydrogen-bond donors (Lipinski definition) is 0. The smallest absolute Gasteiger partial charge is 0.228 e. The molecule has 1 fully saturated rings. The molecule has 2 heterocycles. The Labute approximate surface area is 158 Å². The number of aromatic nitrogens is 1. The van der Waals surface area contributed by atoms with Crippen LogP contribution in [0.1, 0.15) is 35.9 Å². The van der Waals surface area contributed by atoms with Crippen molar-refractivity contribution < 1.29 is 14.3 Å². The van der Waals surface area contributed by atoms with E-state index >= 15 is 0 Å². The van der Waals surface area contributed by atoms with Gasteiger partial charge in [-0.3, -0.25) is 19.1 Å².